The maximum Gasteiger partial charge on any atom is 0.220 e. The molecule has 2 aromatic rings. The van der Waals surface area contributed by atoms with Gasteiger partial charge in [-0.3, -0.25) is 0 Å². The van der Waals surface area contributed by atoms with E-state index in [4.69, 9.17) is 10.5 Å². The van der Waals surface area contributed by atoms with Crippen molar-refractivity contribution in [2.45, 2.75) is 13.0 Å². The average molecular weight is 215 g/mol. The largest absolute Gasteiger partial charge is 0.484 e. The van der Waals surface area contributed by atoms with Crippen LogP contribution >= 0.6 is 0 Å². The average Bonchev–Trinajstić information content (AvgIpc) is 2.30. The van der Waals surface area contributed by atoms with Crippen LogP contribution in [0.5, 0.6) is 5.75 Å². The second kappa shape index (κ2) is 4.61. The minimum Gasteiger partial charge on any atom is -0.484 e. The molecule has 1 atom stereocenters. The molecule has 0 unspecified atom stereocenters. The lowest BCUT2D eigenvalue weighted by Gasteiger charge is -2.13. The summed E-state index contributed by atoms with van der Waals surface area (Å²) in [6.45, 7) is 1.93. The fourth-order valence-electron chi connectivity index (χ4n) is 1.38. The number of aromatic nitrogens is 2. The van der Waals surface area contributed by atoms with Gasteiger partial charge in [0, 0.05) is 6.20 Å². The zero-order valence-electron chi connectivity index (χ0n) is 9.00. The normalized spacial score (nSPS) is 12.1. The standard InChI is InChI=1S/C12H13N3O/c1-9(11-7-8-14-12(13)15-11)16-10-5-3-2-4-6-10/h2-9H,1H3,(H2,13,14,15)/t9-/m1/s1. The topological polar surface area (TPSA) is 61.0 Å². The van der Waals surface area contributed by atoms with Crippen molar-refractivity contribution in [1.29, 1.82) is 0 Å². The summed E-state index contributed by atoms with van der Waals surface area (Å²) in [5.41, 5.74) is 6.29. The molecule has 1 heterocycles. The molecule has 0 amide bonds. The van der Waals surface area contributed by atoms with Crippen LogP contribution in [0.4, 0.5) is 5.95 Å². The van der Waals surface area contributed by atoms with Gasteiger partial charge < -0.3 is 10.5 Å². The molecule has 2 rings (SSSR count). The molecule has 4 heteroatoms. The molecule has 0 bridgehead atoms. The van der Waals surface area contributed by atoms with Gasteiger partial charge in [0.1, 0.15) is 11.9 Å². The van der Waals surface area contributed by atoms with Crippen molar-refractivity contribution >= 4 is 5.95 Å². The van der Waals surface area contributed by atoms with Gasteiger partial charge in [0.2, 0.25) is 5.95 Å². The summed E-state index contributed by atoms with van der Waals surface area (Å²) in [7, 11) is 0. The Morgan fingerprint density at radius 2 is 1.94 bits per heavy atom. The fraction of sp³-hybridized carbons (Fsp3) is 0.167. The van der Waals surface area contributed by atoms with Crippen LogP contribution in [-0.4, -0.2) is 9.97 Å². The Balaban J connectivity index is 2.12. The molecule has 1 aromatic carbocycles. The van der Waals surface area contributed by atoms with Gasteiger partial charge in [0.05, 0.1) is 5.69 Å². The van der Waals surface area contributed by atoms with Crippen LogP contribution in [0, 0.1) is 0 Å². The summed E-state index contributed by atoms with van der Waals surface area (Å²) < 4.78 is 5.71. The molecule has 0 saturated heterocycles. The van der Waals surface area contributed by atoms with E-state index in [1.165, 1.54) is 0 Å². The van der Waals surface area contributed by atoms with E-state index in [-0.39, 0.29) is 12.1 Å². The number of nitrogens with two attached hydrogens (primary N) is 1. The van der Waals surface area contributed by atoms with Gasteiger partial charge in [-0.25, -0.2) is 9.97 Å². The Morgan fingerprint density at radius 1 is 1.19 bits per heavy atom. The number of para-hydroxylation sites is 1. The van der Waals surface area contributed by atoms with Gasteiger partial charge in [-0.1, -0.05) is 18.2 Å². The second-order valence-corrected chi connectivity index (χ2v) is 3.41. The fourth-order valence-corrected chi connectivity index (χ4v) is 1.38. The van der Waals surface area contributed by atoms with Crippen LogP contribution in [-0.2, 0) is 0 Å². The molecule has 1 aromatic heterocycles. The number of nitrogen functional groups attached to an aromatic ring is 1. The third kappa shape index (κ3) is 2.48. The second-order valence-electron chi connectivity index (χ2n) is 3.41. The summed E-state index contributed by atoms with van der Waals surface area (Å²) in [6, 6.07) is 11.4. The molecule has 0 aliphatic carbocycles. The molecule has 0 aliphatic heterocycles. The van der Waals surface area contributed by atoms with E-state index in [0.29, 0.717) is 0 Å². The summed E-state index contributed by atoms with van der Waals surface area (Å²) >= 11 is 0. The Morgan fingerprint density at radius 3 is 2.62 bits per heavy atom. The first-order valence-corrected chi connectivity index (χ1v) is 5.06. The minimum atomic E-state index is -0.146. The lowest BCUT2D eigenvalue weighted by Crippen LogP contribution is -2.07. The van der Waals surface area contributed by atoms with E-state index >= 15 is 0 Å². The molecule has 82 valence electrons. The molecule has 2 N–H and O–H groups in total. The Kier molecular flexibility index (Phi) is 3.00. The zero-order valence-corrected chi connectivity index (χ0v) is 9.00. The molecule has 0 spiro atoms. The highest BCUT2D eigenvalue weighted by atomic mass is 16.5. The number of benzene rings is 1. The van der Waals surface area contributed by atoms with E-state index in [1.807, 2.05) is 37.3 Å². The summed E-state index contributed by atoms with van der Waals surface area (Å²) in [6.07, 6.45) is 1.48. The van der Waals surface area contributed by atoms with Crippen LogP contribution in [0.1, 0.15) is 18.7 Å². The first-order valence-electron chi connectivity index (χ1n) is 5.06. The van der Waals surface area contributed by atoms with Gasteiger partial charge in [-0.2, -0.15) is 0 Å². The van der Waals surface area contributed by atoms with Crippen LogP contribution in [0.2, 0.25) is 0 Å². The zero-order chi connectivity index (χ0) is 11.4. The number of rotatable bonds is 3. The third-order valence-corrected chi connectivity index (χ3v) is 2.17. The molecule has 4 nitrogen and oxygen atoms in total. The van der Waals surface area contributed by atoms with Gasteiger partial charge in [0.25, 0.3) is 0 Å². The predicted molar refractivity (Wildman–Crippen MR) is 61.9 cm³/mol. The number of hydrogen-bond acceptors (Lipinski definition) is 4. The number of anilines is 1. The lowest BCUT2D eigenvalue weighted by molar-refractivity contribution is 0.222. The molecular weight excluding hydrogens is 202 g/mol. The van der Waals surface area contributed by atoms with Gasteiger partial charge in [-0.15, -0.1) is 0 Å². The summed E-state index contributed by atoms with van der Waals surface area (Å²) in [4.78, 5) is 7.95. The molecule has 0 aliphatic rings. The van der Waals surface area contributed by atoms with Crippen molar-refractivity contribution in [3.63, 3.8) is 0 Å². The Hall–Kier alpha value is -2.10. The number of hydrogen-bond donors (Lipinski definition) is 1. The van der Waals surface area contributed by atoms with E-state index < -0.39 is 0 Å². The maximum absolute atomic E-state index is 5.71. The number of ether oxygens (including phenoxy) is 1. The highest BCUT2D eigenvalue weighted by Crippen LogP contribution is 2.19. The minimum absolute atomic E-state index is 0.146. The molecule has 16 heavy (non-hydrogen) atoms. The van der Waals surface area contributed by atoms with Gasteiger partial charge in [-0.05, 0) is 25.1 Å². The maximum atomic E-state index is 5.71. The van der Waals surface area contributed by atoms with Crippen molar-refractivity contribution in [2.75, 3.05) is 5.73 Å². The van der Waals surface area contributed by atoms with E-state index in [2.05, 4.69) is 9.97 Å². The predicted octanol–water partition coefficient (Wildman–Crippen LogP) is 2.20. The lowest BCUT2D eigenvalue weighted by atomic mass is 10.2. The van der Waals surface area contributed by atoms with Crippen molar-refractivity contribution in [2.24, 2.45) is 0 Å². The van der Waals surface area contributed by atoms with Crippen LogP contribution in [0.15, 0.2) is 42.6 Å². The quantitative estimate of drug-likeness (QED) is 0.852. The first kappa shape index (κ1) is 10.4. The first-order chi connectivity index (χ1) is 7.75. The molecule has 0 radical (unpaired) electrons. The van der Waals surface area contributed by atoms with Crippen molar-refractivity contribution in [1.82, 2.24) is 9.97 Å². The van der Waals surface area contributed by atoms with Crippen molar-refractivity contribution in [3.05, 3.63) is 48.3 Å². The number of nitrogens with zero attached hydrogens (tertiary/aromatic N) is 2. The highest BCUT2D eigenvalue weighted by molar-refractivity contribution is 5.23. The van der Waals surface area contributed by atoms with Crippen LogP contribution < -0.4 is 10.5 Å². The van der Waals surface area contributed by atoms with E-state index in [9.17, 15) is 0 Å². The Bertz CT molecular complexity index is 459. The SMILES string of the molecule is C[C@@H](Oc1ccccc1)c1ccnc(N)n1. The highest BCUT2D eigenvalue weighted by Gasteiger charge is 2.08. The molecule has 0 saturated carbocycles. The smallest absolute Gasteiger partial charge is 0.220 e. The Labute approximate surface area is 94.1 Å². The van der Waals surface area contributed by atoms with Gasteiger partial charge >= 0.3 is 0 Å². The van der Waals surface area contributed by atoms with Crippen LogP contribution in [0.25, 0.3) is 0 Å². The van der Waals surface area contributed by atoms with Crippen molar-refractivity contribution < 1.29 is 4.74 Å². The van der Waals surface area contributed by atoms with Crippen molar-refractivity contribution in [3.8, 4) is 5.75 Å². The van der Waals surface area contributed by atoms with E-state index in [1.54, 1.807) is 12.3 Å². The summed E-state index contributed by atoms with van der Waals surface area (Å²) in [5.74, 6) is 1.08. The molecular formula is C12H13N3O. The van der Waals surface area contributed by atoms with Crippen LogP contribution in [0.3, 0.4) is 0 Å². The third-order valence-electron chi connectivity index (χ3n) is 2.17. The molecule has 0 fully saturated rings. The van der Waals surface area contributed by atoms with E-state index in [0.717, 1.165) is 11.4 Å². The monoisotopic (exact) mass is 215 g/mol. The van der Waals surface area contributed by atoms with Gasteiger partial charge in [0.15, 0.2) is 0 Å². The summed E-state index contributed by atoms with van der Waals surface area (Å²) in [5, 5.41) is 0.